The molecule has 1 atom stereocenters. The van der Waals surface area contributed by atoms with Gasteiger partial charge >= 0.3 is 5.97 Å². The van der Waals surface area contributed by atoms with E-state index in [0.29, 0.717) is 19.1 Å². The quantitative estimate of drug-likeness (QED) is 0.458. The Labute approximate surface area is 104 Å². The summed E-state index contributed by atoms with van der Waals surface area (Å²) in [7, 11) is 0. The lowest BCUT2D eigenvalue weighted by molar-refractivity contribution is -0.145. The van der Waals surface area contributed by atoms with Crippen molar-refractivity contribution in [2.75, 3.05) is 26.2 Å². The molecule has 0 saturated heterocycles. The van der Waals surface area contributed by atoms with Crippen LogP contribution in [-0.4, -0.2) is 42.9 Å². The van der Waals surface area contributed by atoms with E-state index in [2.05, 4.69) is 18.7 Å². The van der Waals surface area contributed by atoms with Crippen LogP contribution < -0.4 is 0 Å². The predicted octanol–water partition coefficient (Wildman–Crippen LogP) is 1.88. The molecule has 0 radical (unpaired) electrons. The lowest BCUT2D eigenvalue weighted by Gasteiger charge is -2.22. The van der Waals surface area contributed by atoms with Crippen LogP contribution in [0.3, 0.4) is 0 Å². The number of carbonyl (C=O) groups excluding carboxylic acids is 2. The van der Waals surface area contributed by atoms with Gasteiger partial charge in [0.2, 0.25) is 0 Å². The van der Waals surface area contributed by atoms with Gasteiger partial charge in [-0.25, -0.2) is 0 Å². The van der Waals surface area contributed by atoms with Crippen molar-refractivity contribution < 1.29 is 14.3 Å². The molecule has 17 heavy (non-hydrogen) atoms. The zero-order chi connectivity index (χ0) is 13.3. The van der Waals surface area contributed by atoms with Gasteiger partial charge in [-0.05, 0) is 19.4 Å². The molecule has 0 aromatic rings. The minimum absolute atomic E-state index is 0.0615. The molecule has 0 saturated carbocycles. The van der Waals surface area contributed by atoms with Gasteiger partial charge in [-0.2, -0.15) is 0 Å². The number of esters is 1. The number of hydrogen-bond acceptors (Lipinski definition) is 4. The monoisotopic (exact) mass is 243 g/mol. The normalized spacial score (nSPS) is 12.5. The third-order valence-electron chi connectivity index (χ3n) is 2.76. The van der Waals surface area contributed by atoms with Crippen LogP contribution in [0.5, 0.6) is 0 Å². The molecule has 0 bridgehead atoms. The van der Waals surface area contributed by atoms with Gasteiger partial charge in [-0.15, -0.1) is 0 Å². The van der Waals surface area contributed by atoms with E-state index in [-0.39, 0.29) is 12.2 Å². The molecular weight excluding hydrogens is 218 g/mol. The van der Waals surface area contributed by atoms with Gasteiger partial charge in [-0.1, -0.05) is 27.2 Å². The zero-order valence-corrected chi connectivity index (χ0v) is 11.5. The summed E-state index contributed by atoms with van der Waals surface area (Å²) < 4.78 is 4.75. The molecule has 0 aliphatic heterocycles. The molecule has 0 spiro atoms. The highest BCUT2D eigenvalue weighted by Gasteiger charge is 2.15. The number of nitrogens with zero attached hydrogens (tertiary/aromatic N) is 1. The third-order valence-corrected chi connectivity index (χ3v) is 2.76. The number of Topliss-reactive ketones (excluding diaryl/α,β-unsaturated/α-hetero) is 1. The predicted molar refractivity (Wildman–Crippen MR) is 67.8 cm³/mol. The number of ether oxygens (including phenoxy) is 1. The lowest BCUT2D eigenvalue weighted by atomic mass is 10.1. The first kappa shape index (κ1) is 16.1. The summed E-state index contributed by atoms with van der Waals surface area (Å²) in [6, 6.07) is 0. The molecule has 100 valence electrons. The standard InChI is InChI=1S/C13H25NO3/c1-5-11(4)9-14(6-2)10-12(15)8-13(16)17-7-3/h11H,5-10H2,1-4H3. The molecular formula is C13H25NO3. The molecule has 0 aromatic carbocycles. The van der Waals surface area contributed by atoms with Crippen molar-refractivity contribution in [3.05, 3.63) is 0 Å². The second-order valence-electron chi connectivity index (χ2n) is 4.36. The molecule has 1 unspecified atom stereocenters. The van der Waals surface area contributed by atoms with E-state index in [0.717, 1.165) is 19.5 Å². The lowest BCUT2D eigenvalue weighted by Crippen LogP contribution is -2.34. The summed E-state index contributed by atoms with van der Waals surface area (Å²) in [4.78, 5) is 24.8. The molecule has 0 rings (SSSR count). The highest BCUT2D eigenvalue weighted by Crippen LogP contribution is 2.04. The van der Waals surface area contributed by atoms with Gasteiger partial charge in [0.1, 0.15) is 6.42 Å². The minimum Gasteiger partial charge on any atom is -0.466 e. The highest BCUT2D eigenvalue weighted by atomic mass is 16.5. The maximum Gasteiger partial charge on any atom is 0.313 e. The molecule has 0 fully saturated rings. The second kappa shape index (κ2) is 9.16. The number of hydrogen-bond donors (Lipinski definition) is 0. The number of likely N-dealkylation sites (N-methyl/N-ethyl adjacent to an activating group) is 1. The van der Waals surface area contributed by atoms with E-state index in [1.807, 2.05) is 6.92 Å². The Morgan fingerprint density at radius 2 is 1.88 bits per heavy atom. The fraction of sp³-hybridized carbons (Fsp3) is 0.846. The average Bonchev–Trinajstić information content (AvgIpc) is 2.27. The first-order valence-corrected chi connectivity index (χ1v) is 6.43. The molecule has 0 aliphatic rings. The Balaban J connectivity index is 4.01. The minimum atomic E-state index is -0.419. The van der Waals surface area contributed by atoms with E-state index < -0.39 is 5.97 Å². The Kier molecular flexibility index (Phi) is 8.68. The van der Waals surface area contributed by atoms with E-state index in [1.165, 1.54) is 0 Å². The first-order valence-electron chi connectivity index (χ1n) is 6.43. The van der Waals surface area contributed by atoms with Crippen LogP contribution in [-0.2, 0) is 14.3 Å². The summed E-state index contributed by atoms with van der Waals surface area (Å²) >= 11 is 0. The van der Waals surface area contributed by atoms with Crippen LogP contribution in [0.25, 0.3) is 0 Å². The Hall–Kier alpha value is -0.900. The van der Waals surface area contributed by atoms with E-state index in [4.69, 9.17) is 4.74 Å². The molecule has 0 heterocycles. The average molecular weight is 243 g/mol. The van der Waals surface area contributed by atoms with Crippen molar-refractivity contribution in [2.24, 2.45) is 5.92 Å². The van der Waals surface area contributed by atoms with Gasteiger partial charge < -0.3 is 4.74 Å². The topological polar surface area (TPSA) is 46.6 Å². The zero-order valence-electron chi connectivity index (χ0n) is 11.5. The van der Waals surface area contributed by atoms with Crippen molar-refractivity contribution in [2.45, 2.75) is 40.5 Å². The van der Waals surface area contributed by atoms with Gasteiger partial charge in [0.25, 0.3) is 0 Å². The molecule has 4 nitrogen and oxygen atoms in total. The summed E-state index contributed by atoms with van der Waals surface area (Å²) in [5.41, 5.74) is 0. The fourth-order valence-corrected chi connectivity index (χ4v) is 1.55. The smallest absolute Gasteiger partial charge is 0.313 e. The molecule has 0 amide bonds. The van der Waals surface area contributed by atoms with E-state index in [1.54, 1.807) is 6.92 Å². The SMILES string of the molecule is CCOC(=O)CC(=O)CN(CC)CC(C)CC. The summed E-state index contributed by atoms with van der Waals surface area (Å²) in [6.45, 7) is 10.5. The van der Waals surface area contributed by atoms with Crippen LogP contribution in [0.2, 0.25) is 0 Å². The van der Waals surface area contributed by atoms with Crippen LogP contribution in [0.4, 0.5) is 0 Å². The van der Waals surface area contributed by atoms with Gasteiger partial charge in [0.05, 0.1) is 13.2 Å². The van der Waals surface area contributed by atoms with Gasteiger partial charge in [0, 0.05) is 6.54 Å². The Morgan fingerprint density at radius 3 is 2.35 bits per heavy atom. The molecule has 4 heteroatoms. The number of ketones is 1. The van der Waals surface area contributed by atoms with Crippen LogP contribution >= 0.6 is 0 Å². The third kappa shape index (κ3) is 7.91. The van der Waals surface area contributed by atoms with E-state index >= 15 is 0 Å². The van der Waals surface area contributed by atoms with Crippen molar-refractivity contribution >= 4 is 11.8 Å². The fourth-order valence-electron chi connectivity index (χ4n) is 1.55. The van der Waals surface area contributed by atoms with Crippen molar-refractivity contribution in [1.29, 1.82) is 0 Å². The van der Waals surface area contributed by atoms with E-state index in [9.17, 15) is 9.59 Å². The van der Waals surface area contributed by atoms with Crippen LogP contribution in [0, 0.1) is 5.92 Å². The molecule has 0 aliphatic carbocycles. The van der Waals surface area contributed by atoms with Crippen molar-refractivity contribution in [3.8, 4) is 0 Å². The van der Waals surface area contributed by atoms with Crippen LogP contribution in [0.1, 0.15) is 40.5 Å². The second-order valence-corrected chi connectivity index (χ2v) is 4.36. The highest BCUT2D eigenvalue weighted by molar-refractivity contribution is 5.96. The summed E-state index contributed by atoms with van der Waals surface area (Å²) in [5.74, 6) is 0.0936. The number of rotatable bonds is 9. The maximum absolute atomic E-state index is 11.6. The van der Waals surface area contributed by atoms with Gasteiger partial charge in [-0.3, -0.25) is 14.5 Å². The largest absolute Gasteiger partial charge is 0.466 e. The van der Waals surface area contributed by atoms with Crippen molar-refractivity contribution in [3.63, 3.8) is 0 Å². The first-order chi connectivity index (χ1) is 8.03. The van der Waals surface area contributed by atoms with Crippen LogP contribution in [0.15, 0.2) is 0 Å². The summed E-state index contributed by atoms with van der Waals surface area (Å²) in [6.07, 6.45) is 0.993. The Morgan fingerprint density at radius 1 is 1.24 bits per heavy atom. The molecule has 0 aromatic heterocycles. The summed E-state index contributed by atoms with van der Waals surface area (Å²) in [5, 5.41) is 0. The van der Waals surface area contributed by atoms with Crippen molar-refractivity contribution in [1.82, 2.24) is 4.90 Å². The maximum atomic E-state index is 11.6. The molecule has 0 N–H and O–H groups in total. The Bertz CT molecular complexity index is 241. The number of carbonyl (C=O) groups is 2. The van der Waals surface area contributed by atoms with Gasteiger partial charge in [0.15, 0.2) is 5.78 Å².